The molecular formula is C13H24N4O2. The summed E-state index contributed by atoms with van der Waals surface area (Å²) in [4.78, 5) is 8.45. The van der Waals surface area contributed by atoms with Gasteiger partial charge in [-0.15, -0.1) is 0 Å². The molecule has 1 heterocycles. The van der Waals surface area contributed by atoms with Gasteiger partial charge in [-0.25, -0.2) is 4.98 Å². The van der Waals surface area contributed by atoms with Crippen LogP contribution in [0.25, 0.3) is 0 Å². The fourth-order valence-corrected chi connectivity index (χ4v) is 1.53. The third-order valence-electron chi connectivity index (χ3n) is 2.37. The first-order chi connectivity index (χ1) is 9.04. The van der Waals surface area contributed by atoms with E-state index in [0.717, 1.165) is 13.0 Å². The number of aryl methyl sites for hydroxylation is 1. The Morgan fingerprint density at radius 2 is 2.05 bits per heavy atom. The molecule has 0 saturated heterocycles. The van der Waals surface area contributed by atoms with Crippen LogP contribution in [0.5, 0.6) is 5.88 Å². The van der Waals surface area contributed by atoms with Crippen LogP contribution in [-0.2, 0) is 4.74 Å². The van der Waals surface area contributed by atoms with Gasteiger partial charge in [-0.1, -0.05) is 0 Å². The number of nitrogens with one attached hydrogen (secondary N) is 1. The molecule has 0 atom stereocenters. The third-order valence-corrected chi connectivity index (χ3v) is 2.37. The van der Waals surface area contributed by atoms with Gasteiger partial charge in [0.25, 0.3) is 0 Å². The fraction of sp³-hybridized carbons (Fsp3) is 0.692. The summed E-state index contributed by atoms with van der Waals surface area (Å²) in [7, 11) is 0. The van der Waals surface area contributed by atoms with Crippen LogP contribution in [0.2, 0.25) is 0 Å². The van der Waals surface area contributed by atoms with Gasteiger partial charge in [-0.05, 0) is 34.1 Å². The van der Waals surface area contributed by atoms with Crippen LogP contribution in [0.3, 0.4) is 0 Å². The highest BCUT2D eigenvalue weighted by Gasteiger charge is 2.10. The molecule has 0 bridgehead atoms. The summed E-state index contributed by atoms with van der Waals surface area (Å²) in [5.74, 6) is 1.70. The molecule has 6 heteroatoms. The number of hydrogen-bond acceptors (Lipinski definition) is 6. The molecule has 0 saturated carbocycles. The topological polar surface area (TPSA) is 82.3 Å². The highest BCUT2D eigenvalue weighted by atomic mass is 16.5. The number of aromatic nitrogens is 2. The van der Waals surface area contributed by atoms with Crippen LogP contribution in [0, 0.1) is 6.92 Å². The molecule has 0 aliphatic heterocycles. The number of ether oxygens (including phenoxy) is 2. The summed E-state index contributed by atoms with van der Waals surface area (Å²) in [5, 5.41) is 3.19. The molecule has 0 fully saturated rings. The van der Waals surface area contributed by atoms with Gasteiger partial charge in [0.05, 0.1) is 12.7 Å². The van der Waals surface area contributed by atoms with E-state index in [-0.39, 0.29) is 6.10 Å². The largest absolute Gasteiger partial charge is 0.476 e. The van der Waals surface area contributed by atoms with Crippen LogP contribution in [-0.4, -0.2) is 35.8 Å². The van der Waals surface area contributed by atoms with E-state index in [1.54, 1.807) is 0 Å². The smallest absolute Gasteiger partial charge is 0.242 e. The van der Waals surface area contributed by atoms with Crippen LogP contribution in [0.1, 0.15) is 33.0 Å². The van der Waals surface area contributed by atoms with E-state index >= 15 is 0 Å². The lowest BCUT2D eigenvalue weighted by molar-refractivity contribution is 0.0787. The maximum atomic E-state index is 5.96. The third kappa shape index (κ3) is 5.30. The summed E-state index contributed by atoms with van der Waals surface area (Å²) in [6.07, 6.45) is 1.15. The zero-order chi connectivity index (χ0) is 14.3. The highest BCUT2D eigenvalue weighted by molar-refractivity contribution is 5.66. The molecule has 0 radical (unpaired) electrons. The van der Waals surface area contributed by atoms with E-state index in [4.69, 9.17) is 15.2 Å². The van der Waals surface area contributed by atoms with Gasteiger partial charge in [0.1, 0.15) is 11.5 Å². The average Bonchev–Trinajstić information content (AvgIpc) is 2.34. The first-order valence-corrected chi connectivity index (χ1v) is 6.67. The average molecular weight is 268 g/mol. The van der Waals surface area contributed by atoms with Crippen molar-refractivity contribution in [1.29, 1.82) is 0 Å². The Labute approximate surface area is 114 Å². The molecule has 0 aliphatic rings. The molecular weight excluding hydrogens is 244 g/mol. The number of hydrogen-bond donors (Lipinski definition) is 2. The van der Waals surface area contributed by atoms with E-state index in [9.17, 15) is 0 Å². The normalized spacial score (nSPS) is 10.8. The Balaban J connectivity index is 2.53. The second-order valence-electron chi connectivity index (χ2n) is 4.47. The number of rotatable bonds is 8. The summed E-state index contributed by atoms with van der Waals surface area (Å²) in [5.41, 5.74) is 6.41. The Kier molecular flexibility index (Phi) is 6.35. The Hall–Kier alpha value is -1.56. The molecule has 0 unspecified atom stereocenters. The first-order valence-electron chi connectivity index (χ1n) is 6.67. The molecule has 19 heavy (non-hydrogen) atoms. The molecule has 3 N–H and O–H groups in total. The fourth-order valence-electron chi connectivity index (χ4n) is 1.53. The second-order valence-corrected chi connectivity index (χ2v) is 4.47. The second kappa shape index (κ2) is 7.78. The van der Waals surface area contributed by atoms with Gasteiger partial charge in [0, 0.05) is 13.2 Å². The molecule has 0 aromatic carbocycles. The zero-order valence-corrected chi connectivity index (χ0v) is 12.2. The van der Waals surface area contributed by atoms with Crippen molar-refractivity contribution in [3.8, 4) is 5.88 Å². The number of anilines is 2. The SMILES string of the molecule is CCOc1nc(C)nc(NCCCOC(C)C)c1N. The molecule has 0 amide bonds. The first kappa shape index (κ1) is 15.5. The minimum atomic E-state index is 0.260. The summed E-state index contributed by atoms with van der Waals surface area (Å²) < 4.78 is 10.8. The van der Waals surface area contributed by atoms with Gasteiger partial charge in [0.15, 0.2) is 5.82 Å². The van der Waals surface area contributed by atoms with Crippen molar-refractivity contribution in [2.45, 2.75) is 40.2 Å². The standard InChI is InChI=1S/C13H24N4O2/c1-5-18-13-11(14)12(16-10(4)17-13)15-7-6-8-19-9(2)3/h9H,5-8,14H2,1-4H3,(H,15,16,17). The Morgan fingerprint density at radius 3 is 2.68 bits per heavy atom. The Bertz CT molecular complexity index is 396. The molecule has 6 nitrogen and oxygen atoms in total. The van der Waals surface area contributed by atoms with E-state index in [1.807, 2.05) is 27.7 Å². The van der Waals surface area contributed by atoms with E-state index in [2.05, 4.69) is 15.3 Å². The van der Waals surface area contributed by atoms with Gasteiger partial charge < -0.3 is 20.5 Å². The molecule has 108 valence electrons. The molecule has 1 aromatic rings. The Morgan fingerprint density at radius 1 is 1.32 bits per heavy atom. The van der Waals surface area contributed by atoms with Gasteiger partial charge >= 0.3 is 0 Å². The van der Waals surface area contributed by atoms with Crippen molar-refractivity contribution in [2.24, 2.45) is 0 Å². The van der Waals surface area contributed by atoms with Gasteiger partial charge in [-0.3, -0.25) is 0 Å². The highest BCUT2D eigenvalue weighted by Crippen LogP contribution is 2.25. The number of nitrogens with zero attached hydrogens (tertiary/aromatic N) is 2. The number of nitrogen functional groups attached to an aromatic ring is 1. The van der Waals surface area contributed by atoms with Crippen LogP contribution in [0.15, 0.2) is 0 Å². The summed E-state index contributed by atoms with van der Waals surface area (Å²) >= 11 is 0. The predicted octanol–water partition coefficient (Wildman–Crippen LogP) is 1.99. The van der Waals surface area contributed by atoms with Crippen molar-refractivity contribution in [2.75, 3.05) is 30.8 Å². The molecule has 1 aromatic heterocycles. The molecule has 0 spiro atoms. The molecule has 1 rings (SSSR count). The van der Waals surface area contributed by atoms with Gasteiger partial charge in [-0.2, -0.15) is 4.98 Å². The maximum Gasteiger partial charge on any atom is 0.242 e. The predicted molar refractivity (Wildman–Crippen MR) is 76.5 cm³/mol. The minimum Gasteiger partial charge on any atom is -0.476 e. The lowest BCUT2D eigenvalue weighted by Crippen LogP contribution is -2.13. The van der Waals surface area contributed by atoms with Crippen molar-refractivity contribution in [3.63, 3.8) is 0 Å². The van der Waals surface area contributed by atoms with Crippen LogP contribution >= 0.6 is 0 Å². The van der Waals surface area contributed by atoms with Crippen molar-refractivity contribution in [3.05, 3.63) is 5.82 Å². The summed E-state index contributed by atoms with van der Waals surface area (Å²) in [6.45, 7) is 9.75. The molecule has 0 aliphatic carbocycles. The lowest BCUT2D eigenvalue weighted by atomic mass is 10.4. The van der Waals surface area contributed by atoms with Crippen LogP contribution < -0.4 is 15.8 Å². The van der Waals surface area contributed by atoms with E-state index in [1.165, 1.54) is 0 Å². The quantitative estimate of drug-likeness (QED) is 0.702. The van der Waals surface area contributed by atoms with Crippen molar-refractivity contribution in [1.82, 2.24) is 9.97 Å². The van der Waals surface area contributed by atoms with Crippen LogP contribution in [0.4, 0.5) is 11.5 Å². The zero-order valence-electron chi connectivity index (χ0n) is 12.2. The van der Waals surface area contributed by atoms with Crippen molar-refractivity contribution < 1.29 is 9.47 Å². The van der Waals surface area contributed by atoms with Gasteiger partial charge in [0.2, 0.25) is 5.88 Å². The maximum absolute atomic E-state index is 5.96. The minimum absolute atomic E-state index is 0.260. The van der Waals surface area contributed by atoms with E-state index in [0.29, 0.717) is 36.4 Å². The lowest BCUT2D eigenvalue weighted by Gasteiger charge is -2.13. The van der Waals surface area contributed by atoms with E-state index < -0.39 is 0 Å². The summed E-state index contributed by atoms with van der Waals surface area (Å²) in [6, 6.07) is 0. The monoisotopic (exact) mass is 268 g/mol. The van der Waals surface area contributed by atoms with Crippen molar-refractivity contribution >= 4 is 11.5 Å². The number of nitrogens with two attached hydrogens (primary N) is 1.